The molecule has 0 aliphatic rings. The normalized spacial score (nSPS) is 12.0. The van der Waals surface area contributed by atoms with Gasteiger partial charge in [-0.15, -0.1) is 0 Å². The largest absolute Gasteiger partial charge is 0.346 e. The lowest BCUT2D eigenvalue weighted by Crippen LogP contribution is -2.34. The first-order valence-corrected chi connectivity index (χ1v) is 7.52. The molecule has 3 aromatic rings. The highest BCUT2D eigenvalue weighted by molar-refractivity contribution is 5.76. The monoisotopic (exact) mass is 309 g/mol. The van der Waals surface area contributed by atoms with Crippen molar-refractivity contribution in [3.63, 3.8) is 0 Å². The number of carbonyl (C=O) groups excluding carboxylic acids is 1. The number of rotatable bonds is 6. The molecule has 2 aromatic heterocycles. The Morgan fingerprint density at radius 2 is 1.96 bits per heavy atom. The van der Waals surface area contributed by atoms with Crippen LogP contribution in [-0.4, -0.2) is 25.5 Å². The van der Waals surface area contributed by atoms with E-state index in [1.54, 1.807) is 17.1 Å². The fourth-order valence-electron chi connectivity index (χ4n) is 2.46. The highest BCUT2D eigenvalue weighted by Gasteiger charge is 2.16. The SMILES string of the molecule is Cc1ccnn1CC(=O)NC(Cn1cccn1)c1ccccc1. The van der Waals surface area contributed by atoms with Crippen molar-refractivity contribution in [1.82, 2.24) is 24.9 Å². The fraction of sp³-hybridized carbons (Fsp3) is 0.235. The lowest BCUT2D eigenvalue weighted by atomic mass is 10.1. The van der Waals surface area contributed by atoms with Crippen LogP contribution in [0.3, 0.4) is 0 Å². The lowest BCUT2D eigenvalue weighted by molar-refractivity contribution is -0.122. The highest BCUT2D eigenvalue weighted by Crippen LogP contribution is 2.14. The minimum atomic E-state index is -0.139. The third-order valence-electron chi connectivity index (χ3n) is 3.69. The molecule has 1 amide bonds. The molecular weight excluding hydrogens is 290 g/mol. The van der Waals surface area contributed by atoms with Gasteiger partial charge in [-0.05, 0) is 24.6 Å². The van der Waals surface area contributed by atoms with Crippen LogP contribution in [0.15, 0.2) is 61.1 Å². The molecule has 0 aliphatic heterocycles. The van der Waals surface area contributed by atoms with Crippen LogP contribution < -0.4 is 5.32 Å². The van der Waals surface area contributed by atoms with Gasteiger partial charge in [0.05, 0.1) is 12.6 Å². The maximum absolute atomic E-state index is 12.4. The number of nitrogens with one attached hydrogen (secondary N) is 1. The van der Waals surface area contributed by atoms with Crippen LogP contribution >= 0.6 is 0 Å². The maximum atomic E-state index is 12.4. The molecule has 23 heavy (non-hydrogen) atoms. The summed E-state index contributed by atoms with van der Waals surface area (Å²) in [5.41, 5.74) is 2.01. The number of amides is 1. The van der Waals surface area contributed by atoms with Crippen molar-refractivity contribution in [3.05, 3.63) is 72.3 Å². The summed E-state index contributed by atoms with van der Waals surface area (Å²) in [4.78, 5) is 12.4. The number of nitrogens with zero attached hydrogens (tertiary/aromatic N) is 4. The second-order valence-corrected chi connectivity index (χ2v) is 5.39. The summed E-state index contributed by atoms with van der Waals surface area (Å²) in [5, 5.41) is 11.5. The average molecular weight is 309 g/mol. The zero-order valence-electron chi connectivity index (χ0n) is 13.0. The summed E-state index contributed by atoms with van der Waals surface area (Å²) in [6, 6.07) is 13.5. The molecule has 1 unspecified atom stereocenters. The standard InChI is InChI=1S/C17H19N5O/c1-14-8-10-19-22(14)13-17(23)20-16(12-21-11-5-9-18-21)15-6-3-2-4-7-15/h2-11,16H,12-13H2,1H3,(H,20,23). The van der Waals surface area contributed by atoms with E-state index in [1.165, 1.54) is 0 Å². The Hall–Kier alpha value is -2.89. The molecule has 2 heterocycles. The van der Waals surface area contributed by atoms with Crippen molar-refractivity contribution in [2.75, 3.05) is 0 Å². The number of benzene rings is 1. The summed E-state index contributed by atoms with van der Waals surface area (Å²) in [5.74, 6) is -0.0715. The molecular formula is C17H19N5O. The van der Waals surface area contributed by atoms with E-state index in [1.807, 2.05) is 60.3 Å². The molecule has 0 aliphatic carbocycles. The smallest absolute Gasteiger partial charge is 0.242 e. The molecule has 0 spiro atoms. The van der Waals surface area contributed by atoms with Crippen molar-refractivity contribution in [2.24, 2.45) is 0 Å². The van der Waals surface area contributed by atoms with E-state index in [9.17, 15) is 4.79 Å². The summed E-state index contributed by atoms with van der Waals surface area (Å²) in [7, 11) is 0. The molecule has 0 bridgehead atoms. The van der Waals surface area contributed by atoms with Gasteiger partial charge in [0.15, 0.2) is 0 Å². The zero-order chi connectivity index (χ0) is 16.1. The van der Waals surface area contributed by atoms with E-state index in [-0.39, 0.29) is 18.5 Å². The molecule has 0 radical (unpaired) electrons. The molecule has 0 saturated heterocycles. The van der Waals surface area contributed by atoms with Crippen molar-refractivity contribution < 1.29 is 4.79 Å². The first-order chi connectivity index (χ1) is 11.2. The van der Waals surface area contributed by atoms with Gasteiger partial charge in [0.25, 0.3) is 0 Å². The topological polar surface area (TPSA) is 64.7 Å². The molecule has 1 aromatic carbocycles. The Labute approximate surface area is 134 Å². The first kappa shape index (κ1) is 15.0. The van der Waals surface area contributed by atoms with Gasteiger partial charge in [-0.3, -0.25) is 14.2 Å². The van der Waals surface area contributed by atoms with Crippen LogP contribution in [0.5, 0.6) is 0 Å². The maximum Gasteiger partial charge on any atom is 0.242 e. The third kappa shape index (κ3) is 3.85. The summed E-state index contributed by atoms with van der Waals surface area (Å²) in [6.07, 6.45) is 5.32. The van der Waals surface area contributed by atoms with Crippen LogP contribution in [0, 0.1) is 6.92 Å². The van der Waals surface area contributed by atoms with Crippen molar-refractivity contribution in [3.8, 4) is 0 Å². The first-order valence-electron chi connectivity index (χ1n) is 7.52. The number of hydrogen-bond acceptors (Lipinski definition) is 3. The summed E-state index contributed by atoms with van der Waals surface area (Å²) < 4.78 is 3.50. The van der Waals surface area contributed by atoms with Gasteiger partial charge < -0.3 is 5.32 Å². The Morgan fingerprint density at radius 3 is 2.61 bits per heavy atom. The Morgan fingerprint density at radius 1 is 1.13 bits per heavy atom. The quantitative estimate of drug-likeness (QED) is 0.757. The number of hydrogen-bond donors (Lipinski definition) is 1. The average Bonchev–Trinajstić information content (AvgIpc) is 3.20. The fourth-order valence-corrected chi connectivity index (χ4v) is 2.46. The molecule has 1 N–H and O–H groups in total. The molecule has 6 heteroatoms. The minimum Gasteiger partial charge on any atom is -0.346 e. The van der Waals surface area contributed by atoms with Crippen LogP contribution in [0.2, 0.25) is 0 Å². The molecule has 3 rings (SSSR count). The zero-order valence-corrected chi connectivity index (χ0v) is 13.0. The van der Waals surface area contributed by atoms with Crippen LogP contribution in [0.25, 0.3) is 0 Å². The van der Waals surface area contributed by atoms with Crippen LogP contribution in [-0.2, 0) is 17.9 Å². The van der Waals surface area contributed by atoms with E-state index in [0.29, 0.717) is 6.54 Å². The molecule has 118 valence electrons. The van der Waals surface area contributed by atoms with E-state index in [2.05, 4.69) is 15.5 Å². The summed E-state index contributed by atoms with van der Waals surface area (Å²) in [6.45, 7) is 2.72. The van der Waals surface area contributed by atoms with Crippen molar-refractivity contribution in [2.45, 2.75) is 26.1 Å². The van der Waals surface area contributed by atoms with Gasteiger partial charge in [0.1, 0.15) is 6.54 Å². The minimum absolute atomic E-state index is 0.0715. The predicted molar refractivity (Wildman–Crippen MR) is 86.5 cm³/mol. The number of aromatic nitrogens is 4. The molecule has 6 nitrogen and oxygen atoms in total. The van der Waals surface area contributed by atoms with Crippen LogP contribution in [0.4, 0.5) is 0 Å². The van der Waals surface area contributed by atoms with Gasteiger partial charge in [0.2, 0.25) is 5.91 Å². The second-order valence-electron chi connectivity index (χ2n) is 5.39. The Balaban J connectivity index is 1.73. The third-order valence-corrected chi connectivity index (χ3v) is 3.69. The highest BCUT2D eigenvalue weighted by atomic mass is 16.2. The number of carbonyl (C=O) groups is 1. The predicted octanol–water partition coefficient (Wildman–Crippen LogP) is 1.95. The number of aryl methyl sites for hydroxylation is 1. The molecule has 0 saturated carbocycles. The van der Waals surface area contributed by atoms with Crippen LogP contribution in [0.1, 0.15) is 17.3 Å². The van der Waals surface area contributed by atoms with E-state index >= 15 is 0 Å². The van der Waals surface area contributed by atoms with Gasteiger partial charge in [-0.1, -0.05) is 30.3 Å². The van der Waals surface area contributed by atoms with Gasteiger partial charge in [-0.25, -0.2) is 0 Å². The van der Waals surface area contributed by atoms with E-state index < -0.39 is 0 Å². The summed E-state index contributed by atoms with van der Waals surface area (Å²) >= 11 is 0. The van der Waals surface area contributed by atoms with Gasteiger partial charge >= 0.3 is 0 Å². The second kappa shape index (κ2) is 6.91. The Kier molecular flexibility index (Phi) is 4.52. The Bertz CT molecular complexity index is 748. The van der Waals surface area contributed by atoms with Crippen molar-refractivity contribution >= 4 is 5.91 Å². The van der Waals surface area contributed by atoms with Gasteiger partial charge in [-0.2, -0.15) is 10.2 Å². The molecule has 1 atom stereocenters. The van der Waals surface area contributed by atoms with Crippen molar-refractivity contribution in [1.29, 1.82) is 0 Å². The van der Waals surface area contributed by atoms with E-state index in [0.717, 1.165) is 11.3 Å². The lowest BCUT2D eigenvalue weighted by Gasteiger charge is -2.19. The molecule has 0 fully saturated rings. The van der Waals surface area contributed by atoms with E-state index in [4.69, 9.17) is 0 Å². The van der Waals surface area contributed by atoms with Gasteiger partial charge in [0, 0.05) is 24.3 Å².